The predicted molar refractivity (Wildman–Crippen MR) is 72.6 cm³/mol. The number of pyridine rings is 1. The van der Waals surface area contributed by atoms with E-state index in [1.165, 1.54) is 12.3 Å². The molecule has 1 aromatic carbocycles. The molecule has 21 heavy (non-hydrogen) atoms. The number of halogens is 1. The monoisotopic (exact) mass is 290 g/mol. The molecule has 0 aliphatic heterocycles. The molecule has 0 bridgehead atoms. The highest BCUT2D eigenvalue weighted by atomic mass is 19.1. The van der Waals surface area contributed by atoms with E-state index in [-0.39, 0.29) is 23.9 Å². The Kier molecular flexibility index (Phi) is 4.07. The van der Waals surface area contributed by atoms with Gasteiger partial charge in [-0.05, 0) is 12.1 Å². The molecule has 0 spiro atoms. The normalized spacial score (nSPS) is 10.1. The molecule has 0 aliphatic carbocycles. The highest BCUT2D eigenvalue weighted by Crippen LogP contribution is 2.23. The zero-order chi connectivity index (χ0) is 15.4. The SMILES string of the molecule is N=C(N)c1ncccc1COc1ccc([N+](=O)[O-])c(F)c1. The Hall–Kier alpha value is -3.03. The lowest BCUT2D eigenvalue weighted by molar-refractivity contribution is -0.387. The first-order valence-electron chi connectivity index (χ1n) is 5.84. The van der Waals surface area contributed by atoms with E-state index < -0.39 is 16.4 Å². The van der Waals surface area contributed by atoms with Gasteiger partial charge >= 0.3 is 5.69 Å². The van der Waals surface area contributed by atoms with Crippen LogP contribution in [0, 0.1) is 21.3 Å². The third-order valence-corrected chi connectivity index (χ3v) is 2.66. The summed E-state index contributed by atoms with van der Waals surface area (Å²) >= 11 is 0. The molecule has 0 saturated heterocycles. The van der Waals surface area contributed by atoms with Gasteiger partial charge in [0.1, 0.15) is 23.9 Å². The molecule has 0 saturated carbocycles. The van der Waals surface area contributed by atoms with Crippen LogP contribution in [0.4, 0.5) is 10.1 Å². The van der Waals surface area contributed by atoms with E-state index in [9.17, 15) is 14.5 Å². The number of aromatic nitrogens is 1. The number of amidine groups is 1. The van der Waals surface area contributed by atoms with Crippen molar-refractivity contribution in [2.45, 2.75) is 6.61 Å². The number of hydrogen-bond acceptors (Lipinski definition) is 5. The van der Waals surface area contributed by atoms with Gasteiger partial charge in [-0.15, -0.1) is 0 Å². The Morgan fingerprint density at radius 2 is 2.24 bits per heavy atom. The fraction of sp³-hybridized carbons (Fsp3) is 0.0769. The molecule has 1 heterocycles. The van der Waals surface area contributed by atoms with Gasteiger partial charge in [0.15, 0.2) is 0 Å². The van der Waals surface area contributed by atoms with Gasteiger partial charge in [-0.3, -0.25) is 20.5 Å². The number of nitrogen functional groups attached to an aromatic ring is 1. The molecule has 2 aromatic rings. The van der Waals surface area contributed by atoms with Crippen molar-refractivity contribution in [3.05, 3.63) is 63.7 Å². The molecule has 3 N–H and O–H groups in total. The van der Waals surface area contributed by atoms with Crippen LogP contribution >= 0.6 is 0 Å². The summed E-state index contributed by atoms with van der Waals surface area (Å²) in [5.41, 5.74) is 5.61. The minimum absolute atomic E-state index is 0.0139. The molecule has 8 heteroatoms. The van der Waals surface area contributed by atoms with Crippen molar-refractivity contribution in [1.29, 1.82) is 5.41 Å². The van der Waals surface area contributed by atoms with Crippen LogP contribution in [0.5, 0.6) is 5.75 Å². The zero-order valence-electron chi connectivity index (χ0n) is 10.7. The minimum atomic E-state index is -0.976. The second kappa shape index (κ2) is 5.95. The maximum absolute atomic E-state index is 13.4. The standard InChI is InChI=1S/C13H11FN4O3/c14-10-6-9(3-4-11(10)18(19)20)21-7-8-2-1-5-17-12(8)13(15)16/h1-6H,7H2,(H3,15,16). The third kappa shape index (κ3) is 3.30. The quantitative estimate of drug-likeness (QED) is 0.378. The lowest BCUT2D eigenvalue weighted by Crippen LogP contribution is -2.16. The molecule has 0 amide bonds. The first-order chi connectivity index (χ1) is 9.99. The summed E-state index contributed by atoms with van der Waals surface area (Å²) in [6.45, 7) is 0.0139. The van der Waals surface area contributed by atoms with Gasteiger partial charge in [0.2, 0.25) is 5.82 Å². The molecule has 0 radical (unpaired) electrons. The smallest absolute Gasteiger partial charge is 0.305 e. The van der Waals surface area contributed by atoms with Crippen LogP contribution in [0.1, 0.15) is 11.3 Å². The van der Waals surface area contributed by atoms with Crippen LogP contribution < -0.4 is 10.5 Å². The van der Waals surface area contributed by atoms with E-state index in [0.717, 1.165) is 12.1 Å². The lowest BCUT2D eigenvalue weighted by atomic mass is 10.2. The van der Waals surface area contributed by atoms with Gasteiger partial charge < -0.3 is 10.5 Å². The zero-order valence-corrected chi connectivity index (χ0v) is 10.7. The van der Waals surface area contributed by atoms with Crippen molar-refractivity contribution < 1.29 is 14.1 Å². The van der Waals surface area contributed by atoms with Gasteiger partial charge in [0.25, 0.3) is 0 Å². The summed E-state index contributed by atoms with van der Waals surface area (Å²) < 4.78 is 18.8. The Balaban J connectivity index is 2.16. The van der Waals surface area contributed by atoms with Crippen LogP contribution in [0.15, 0.2) is 36.5 Å². The number of nitrogens with two attached hydrogens (primary N) is 1. The number of ether oxygens (including phenoxy) is 1. The third-order valence-electron chi connectivity index (χ3n) is 2.66. The fourth-order valence-electron chi connectivity index (χ4n) is 1.68. The van der Waals surface area contributed by atoms with Gasteiger partial charge in [0, 0.05) is 23.9 Å². The van der Waals surface area contributed by atoms with Crippen molar-refractivity contribution >= 4 is 11.5 Å². The van der Waals surface area contributed by atoms with E-state index >= 15 is 0 Å². The molecule has 0 fully saturated rings. The molecular formula is C13H11FN4O3. The first-order valence-corrected chi connectivity index (χ1v) is 5.84. The molecule has 7 nitrogen and oxygen atoms in total. The topological polar surface area (TPSA) is 115 Å². The molecule has 1 aromatic heterocycles. The Labute approximate surface area is 118 Å². The number of hydrogen-bond donors (Lipinski definition) is 2. The van der Waals surface area contributed by atoms with Crippen molar-refractivity contribution in [2.75, 3.05) is 0 Å². The van der Waals surface area contributed by atoms with E-state index in [1.54, 1.807) is 12.1 Å². The average Bonchev–Trinajstić information content (AvgIpc) is 2.45. The summed E-state index contributed by atoms with van der Waals surface area (Å²) in [5, 5.41) is 17.9. The van der Waals surface area contributed by atoms with E-state index in [1.807, 2.05) is 0 Å². The number of rotatable bonds is 5. The Bertz CT molecular complexity index is 706. The second-order valence-electron chi connectivity index (χ2n) is 4.08. The van der Waals surface area contributed by atoms with E-state index in [2.05, 4.69) is 4.98 Å². The number of nitrogens with one attached hydrogen (secondary N) is 1. The van der Waals surface area contributed by atoms with Crippen molar-refractivity contribution in [3.63, 3.8) is 0 Å². The van der Waals surface area contributed by atoms with Gasteiger partial charge in [-0.1, -0.05) is 6.07 Å². The lowest BCUT2D eigenvalue weighted by Gasteiger charge is -2.09. The fourth-order valence-corrected chi connectivity index (χ4v) is 1.68. The minimum Gasteiger partial charge on any atom is -0.489 e. The summed E-state index contributed by atoms with van der Waals surface area (Å²) in [4.78, 5) is 13.7. The van der Waals surface area contributed by atoms with Gasteiger partial charge in [-0.25, -0.2) is 0 Å². The number of nitro groups is 1. The molecule has 108 valence electrons. The molecular weight excluding hydrogens is 279 g/mol. The number of benzene rings is 1. The van der Waals surface area contributed by atoms with Gasteiger partial charge in [-0.2, -0.15) is 4.39 Å². The molecule has 0 atom stereocenters. The largest absolute Gasteiger partial charge is 0.489 e. The Morgan fingerprint density at radius 1 is 1.48 bits per heavy atom. The van der Waals surface area contributed by atoms with Crippen LogP contribution in [-0.4, -0.2) is 15.7 Å². The molecule has 0 unspecified atom stereocenters. The highest BCUT2D eigenvalue weighted by Gasteiger charge is 2.14. The first kappa shape index (κ1) is 14.4. The maximum atomic E-state index is 13.4. The molecule has 2 rings (SSSR count). The number of nitrogens with zero attached hydrogens (tertiary/aromatic N) is 2. The second-order valence-corrected chi connectivity index (χ2v) is 4.08. The number of nitro benzene ring substituents is 1. The summed E-state index contributed by atoms with van der Waals surface area (Å²) in [6, 6.07) is 6.58. The molecule has 0 aliphatic rings. The van der Waals surface area contributed by atoms with Crippen LogP contribution in [0.3, 0.4) is 0 Å². The van der Waals surface area contributed by atoms with Crippen molar-refractivity contribution in [1.82, 2.24) is 4.98 Å². The summed E-state index contributed by atoms with van der Waals surface area (Å²) in [7, 11) is 0. The predicted octanol–water partition coefficient (Wildman–Crippen LogP) is 1.99. The van der Waals surface area contributed by atoms with E-state index in [4.69, 9.17) is 15.9 Å². The van der Waals surface area contributed by atoms with E-state index in [0.29, 0.717) is 5.56 Å². The Morgan fingerprint density at radius 3 is 2.86 bits per heavy atom. The highest BCUT2D eigenvalue weighted by molar-refractivity contribution is 5.94. The summed E-state index contributed by atoms with van der Waals surface area (Å²) in [6.07, 6.45) is 1.49. The van der Waals surface area contributed by atoms with Crippen LogP contribution in [0.2, 0.25) is 0 Å². The summed E-state index contributed by atoms with van der Waals surface area (Å²) in [5.74, 6) is -1.05. The average molecular weight is 290 g/mol. The van der Waals surface area contributed by atoms with Crippen molar-refractivity contribution in [3.8, 4) is 5.75 Å². The van der Waals surface area contributed by atoms with Crippen LogP contribution in [-0.2, 0) is 6.61 Å². The van der Waals surface area contributed by atoms with Crippen molar-refractivity contribution in [2.24, 2.45) is 5.73 Å². The van der Waals surface area contributed by atoms with Crippen LogP contribution in [0.25, 0.3) is 0 Å². The van der Waals surface area contributed by atoms with Gasteiger partial charge in [0.05, 0.1) is 4.92 Å². The maximum Gasteiger partial charge on any atom is 0.305 e.